The van der Waals surface area contributed by atoms with Crippen LogP contribution in [0, 0.1) is 0 Å². The molecule has 0 N–H and O–H groups in total. The Morgan fingerprint density at radius 2 is 2.20 bits per heavy atom. The van der Waals surface area contributed by atoms with E-state index in [4.69, 9.17) is 11.6 Å². The Hall–Kier alpha value is -1.61. The van der Waals surface area contributed by atoms with Gasteiger partial charge < -0.3 is 4.90 Å². The molecule has 104 valence electrons. The highest BCUT2D eigenvalue weighted by Crippen LogP contribution is 2.32. The SMILES string of the molecule is CC(=O)C1CCCCN1c1ccnc2cc(Cl)ccc12. The summed E-state index contributed by atoms with van der Waals surface area (Å²) in [6, 6.07) is 7.73. The first-order valence-electron chi connectivity index (χ1n) is 6.98. The van der Waals surface area contributed by atoms with Crippen molar-refractivity contribution in [2.24, 2.45) is 0 Å². The Kier molecular flexibility index (Phi) is 3.62. The minimum Gasteiger partial charge on any atom is -0.361 e. The molecule has 4 heteroatoms. The number of ketones is 1. The fourth-order valence-electron chi connectivity index (χ4n) is 3.00. The third-order valence-corrected chi connectivity index (χ3v) is 4.20. The first-order valence-corrected chi connectivity index (χ1v) is 7.36. The maximum absolute atomic E-state index is 11.9. The molecule has 0 spiro atoms. The first-order chi connectivity index (χ1) is 9.66. The summed E-state index contributed by atoms with van der Waals surface area (Å²) >= 11 is 6.03. The largest absolute Gasteiger partial charge is 0.361 e. The van der Waals surface area contributed by atoms with Crippen LogP contribution in [0.4, 0.5) is 5.69 Å². The van der Waals surface area contributed by atoms with E-state index in [0.717, 1.165) is 42.4 Å². The van der Waals surface area contributed by atoms with E-state index in [1.54, 1.807) is 13.1 Å². The van der Waals surface area contributed by atoms with Crippen LogP contribution >= 0.6 is 11.6 Å². The van der Waals surface area contributed by atoms with E-state index in [0.29, 0.717) is 5.02 Å². The lowest BCUT2D eigenvalue weighted by Crippen LogP contribution is -2.44. The molecule has 0 saturated carbocycles. The maximum atomic E-state index is 11.9. The van der Waals surface area contributed by atoms with Crippen LogP contribution in [0.2, 0.25) is 5.02 Å². The molecule has 1 unspecified atom stereocenters. The van der Waals surface area contributed by atoms with E-state index >= 15 is 0 Å². The minimum atomic E-state index is -0.00923. The van der Waals surface area contributed by atoms with Crippen LogP contribution in [0.15, 0.2) is 30.5 Å². The molecule has 3 rings (SSSR count). The minimum absolute atomic E-state index is 0.00923. The van der Waals surface area contributed by atoms with Crippen LogP contribution in [-0.4, -0.2) is 23.4 Å². The van der Waals surface area contributed by atoms with Crippen molar-refractivity contribution in [2.75, 3.05) is 11.4 Å². The summed E-state index contributed by atoms with van der Waals surface area (Å²) in [4.78, 5) is 18.5. The third kappa shape index (κ3) is 2.38. The third-order valence-electron chi connectivity index (χ3n) is 3.96. The van der Waals surface area contributed by atoms with Crippen LogP contribution in [0.5, 0.6) is 0 Å². The van der Waals surface area contributed by atoms with Crippen LogP contribution in [0.3, 0.4) is 0 Å². The quantitative estimate of drug-likeness (QED) is 0.842. The van der Waals surface area contributed by atoms with Crippen molar-refractivity contribution >= 4 is 34.0 Å². The number of aromatic nitrogens is 1. The van der Waals surface area contributed by atoms with E-state index in [1.807, 2.05) is 24.3 Å². The molecule has 2 heterocycles. The van der Waals surface area contributed by atoms with Crippen LogP contribution in [0.1, 0.15) is 26.2 Å². The zero-order chi connectivity index (χ0) is 14.1. The Balaban J connectivity index is 2.10. The van der Waals surface area contributed by atoms with Crippen LogP contribution in [0.25, 0.3) is 10.9 Å². The number of rotatable bonds is 2. The lowest BCUT2D eigenvalue weighted by molar-refractivity contribution is -0.118. The van der Waals surface area contributed by atoms with Crippen molar-refractivity contribution in [3.05, 3.63) is 35.5 Å². The Morgan fingerprint density at radius 1 is 1.35 bits per heavy atom. The predicted molar refractivity (Wildman–Crippen MR) is 82.4 cm³/mol. The van der Waals surface area contributed by atoms with Crippen molar-refractivity contribution < 1.29 is 4.79 Å². The molecule has 1 saturated heterocycles. The van der Waals surface area contributed by atoms with Gasteiger partial charge in [0.25, 0.3) is 0 Å². The molecule has 1 atom stereocenters. The second-order valence-electron chi connectivity index (χ2n) is 5.31. The molecule has 1 aromatic carbocycles. The topological polar surface area (TPSA) is 33.2 Å². The highest BCUT2D eigenvalue weighted by molar-refractivity contribution is 6.31. The number of halogens is 1. The van der Waals surface area contributed by atoms with E-state index < -0.39 is 0 Å². The van der Waals surface area contributed by atoms with E-state index in [2.05, 4.69) is 9.88 Å². The number of fused-ring (bicyclic) bond motifs is 1. The summed E-state index contributed by atoms with van der Waals surface area (Å²) in [5.74, 6) is 0.239. The Morgan fingerprint density at radius 3 is 3.00 bits per heavy atom. The van der Waals surface area contributed by atoms with Crippen molar-refractivity contribution in [1.29, 1.82) is 0 Å². The molecule has 0 bridgehead atoms. The summed E-state index contributed by atoms with van der Waals surface area (Å²) in [6.07, 6.45) is 4.98. The van der Waals surface area contributed by atoms with Crippen molar-refractivity contribution in [2.45, 2.75) is 32.2 Å². The molecule has 2 aromatic rings. The number of carbonyl (C=O) groups excluding carboxylic acids is 1. The number of hydrogen-bond donors (Lipinski definition) is 0. The summed E-state index contributed by atoms with van der Waals surface area (Å²) in [7, 11) is 0. The van der Waals surface area contributed by atoms with Gasteiger partial charge in [0, 0.05) is 28.8 Å². The van der Waals surface area contributed by atoms with E-state index in [-0.39, 0.29) is 11.8 Å². The number of nitrogens with zero attached hydrogens (tertiary/aromatic N) is 2. The smallest absolute Gasteiger partial charge is 0.152 e. The van der Waals surface area contributed by atoms with E-state index in [9.17, 15) is 4.79 Å². The average molecular weight is 289 g/mol. The average Bonchev–Trinajstić information content (AvgIpc) is 2.46. The summed E-state index contributed by atoms with van der Waals surface area (Å²) in [5.41, 5.74) is 1.97. The van der Waals surface area contributed by atoms with E-state index in [1.165, 1.54) is 0 Å². The maximum Gasteiger partial charge on any atom is 0.152 e. The molecule has 0 aliphatic carbocycles. The van der Waals surface area contributed by atoms with Crippen molar-refractivity contribution in [3.63, 3.8) is 0 Å². The van der Waals surface area contributed by atoms with Gasteiger partial charge in [-0.2, -0.15) is 0 Å². The normalized spacial score (nSPS) is 19.3. The first kappa shape index (κ1) is 13.4. The molecule has 1 fully saturated rings. The van der Waals surface area contributed by atoms with Gasteiger partial charge in [0.2, 0.25) is 0 Å². The fraction of sp³-hybridized carbons (Fsp3) is 0.375. The van der Waals surface area contributed by atoms with Gasteiger partial charge in [0.15, 0.2) is 5.78 Å². The molecule has 1 aliphatic rings. The zero-order valence-electron chi connectivity index (χ0n) is 11.5. The molecule has 20 heavy (non-hydrogen) atoms. The van der Waals surface area contributed by atoms with Gasteiger partial charge in [-0.05, 0) is 50.5 Å². The standard InChI is InChI=1S/C16H17ClN2O/c1-11(20)15-4-2-3-9-19(15)16-7-8-18-14-10-12(17)5-6-13(14)16/h5-8,10,15H,2-4,9H2,1H3. The number of pyridine rings is 1. The fourth-order valence-corrected chi connectivity index (χ4v) is 3.17. The van der Waals surface area contributed by atoms with Gasteiger partial charge >= 0.3 is 0 Å². The van der Waals surface area contributed by atoms with Crippen molar-refractivity contribution in [1.82, 2.24) is 4.98 Å². The summed E-state index contributed by atoms with van der Waals surface area (Å²) in [6.45, 7) is 2.61. The lowest BCUT2D eigenvalue weighted by atomic mass is 9.97. The van der Waals surface area contributed by atoms with Gasteiger partial charge in [-0.25, -0.2) is 0 Å². The Bertz CT molecular complexity index is 656. The van der Waals surface area contributed by atoms with Gasteiger partial charge in [-0.15, -0.1) is 0 Å². The number of carbonyl (C=O) groups is 1. The second kappa shape index (κ2) is 5.41. The molecular weight excluding hydrogens is 272 g/mol. The van der Waals surface area contributed by atoms with Gasteiger partial charge in [-0.1, -0.05) is 11.6 Å². The van der Waals surface area contributed by atoms with Gasteiger partial charge in [-0.3, -0.25) is 9.78 Å². The van der Waals surface area contributed by atoms with Crippen LogP contribution in [-0.2, 0) is 4.79 Å². The highest BCUT2D eigenvalue weighted by atomic mass is 35.5. The van der Waals surface area contributed by atoms with Gasteiger partial charge in [0.1, 0.15) is 0 Å². The van der Waals surface area contributed by atoms with Crippen LogP contribution < -0.4 is 4.90 Å². The number of anilines is 1. The number of piperidine rings is 1. The van der Waals surface area contributed by atoms with Crippen molar-refractivity contribution in [3.8, 4) is 0 Å². The summed E-state index contributed by atoms with van der Waals surface area (Å²) in [5, 5.41) is 1.74. The highest BCUT2D eigenvalue weighted by Gasteiger charge is 2.27. The molecule has 1 aliphatic heterocycles. The number of Topliss-reactive ketones (excluding diaryl/α,β-unsaturated/α-hetero) is 1. The molecule has 0 amide bonds. The molecule has 3 nitrogen and oxygen atoms in total. The molecule has 1 aromatic heterocycles. The summed E-state index contributed by atoms with van der Waals surface area (Å²) < 4.78 is 0. The zero-order valence-corrected chi connectivity index (χ0v) is 12.2. The Labute approximate surface area is 123 Å². The second-order valence-corrected chi connectivity index (χ2v) is 5.74. The molecule has 0 radical (unpaired) electrons. The van der Waals surface area contributed by atoms with Gasteiger partial charge in [0.05, 0.1) is 11.6 Å². The number of hydrogen-bond acceptors (Lipinski definition) is 3. The predicted octanol–water partition coefficient (Wildman–Crippen LogP) is 3.84. The monoisotopic (exact) mass is 288 g/mol. The lowest BCUT2D eigenvalue weighted by Gasteiger charge is -2.36. The molecular formula is C16H17ClN2O. The number of benzene rings is 1.